The molecule has 0 spiro atoms. The van der Waals surface area contributed by atoms with E-state index < -0.39 is 6.10 Å². The molecule has 22 heavy (non-hydrogen) atoms. The van der Waals surface area contributed by atoms with E-state index in [1.807, 2.05) is 38.4 Å². The number of carbonyl (C=O) groups is 1. The van der Waals surface area contributed by atoms with Gasteiger partial charge in [0.2, 0.25) is 0 Å². The molecule has 1 aromatic rings. The van der Waals surface area contributed by atoms with Crippen LogP contribution in [0.4, 0.5) is 5.69 Å². The summed E-state index contributed by atoms with van der Waals surface area (Å²) in [5, 5.41) is 6.01. The molecule has 1 saturated heterocycles. The fourth-order valence-corrected chi connectivity index (χ4v) is 2.19. The highest BCUT2D eigenvalue weighted by Gasteiger charge is 2.21. The predicted molar refractivity (Wildman–Crippen MR) is 86.3 cm³/mol. The molecule has 1 atom stereocenters. The van der Waals surface area contributed by atoms with Crippen molar-refractivity contribution >= 4 is 11.6 Å². The van der Waals surface area contributed by atoms with E-state index in [9.17, 15) is 4.79 Å². The van der Waals surface area contributed by atoms with Gasteiger partial charge in [0.1, 0.15) is 11.9 Å². The number of nitrogens with zero attached hydrogens (tertiary/aromatic N) is 1. The Morgan fingerprint density at radius 3 is 3.09 bits per heavy atom. The zero-order valence-electron chi connectivity index (χ0n) is 13.3. The number of morpholine rings is 1. The first-order chi connectivity index (χ1) is 10.6. The van der Waals surface area contributed by atoms with Crippen LogP contribution in [0, 0.1) is 0 Å². The van der Waals surface area contributed by atoms with Gasteiger partial charge in [-0.2, -0.15) is 0 Å². The van der Waals surface area contributed by atoms with Crippen LogP contribution in [0.5, 0.6) is 5.75 Å². The van der Waals surface area contributed by atoms with E-state index in [4.69, 9.17) is 9.47 Å². The normalized spacial score (nSPS) is 18.2. The first kappa shape index (κ1) is 16.7. The van der Waals surface area contributed by atoms with E-state index in [0.29, 0.717) is 19.8 Å². The summed E-state index contributed by atoms with van der Waals surface area (Å²) in [5.41, 5.74) is 0.726. The summed E-state index contributed by atoms with van der Waals surface area (Å²) in [5.74, 6) is 0.635. The Kier molecular flexibility index (Phi) is 6.64. The Balaban J connectivity index is 1.81. The molecule has 1 fully saturated rings. The van der Waals surface area contributed by atoms with Gasteiger partial charge in [0, 0.05) is 31.4 Å². The predicted octanol–water partition coefficient (Wildman–Crippen LogP) is 0.944. The summed E-state index contributed by atoms with van der Waals surface area (Å²) >= 11 is 0. The highest BCUT2D eigenvalue weighted by Crippen LogP contribution is 2.18. The molecule has 1 aliphatic rings. The average Bonchev–Trinajstić information content (AvgIpc) is 2.52. The third-order valence-electron chi connectivity index (χ3n) is 3.34. The van der Waals surface area contributed by atoms with Crippen molar-refractivity contribution in [3.8, 4) is 5.75 Å². The zero-order chi connectivity index (χ0) is 15.8. The SMILES string of the molecule is CN(C)CCCOc1cccc(NC(=O)C2CNCCO2)c1. The van der Waals surface area contributed by atoms with Gasteiger partial charge in [0.25, 0.3) is 5.91 Å². The first-order valence-electron chi connectivity index (χ1n) is 7.66. The molecule has 6 nitrogen and oxygen atoms in total. The van der Waals surface area contributed by atoms with Crippen molar-refractivity contribution in [2.45, 2.75) is 12.5 Å². The lowest BCUT2D eigenvalue weighted by Crippen LogP contribution is -2.45. The number of carbonyl (C=O) groups excluding carboxylic acids is 1. The maximum absolute atomic E-state index is 12.1. The van der Waals surface area contributed by atoms with Gasteiger partial charge in [-0.3, -0.25) is 4.79 Å². The molecule has 2 N–H and O–H groups in total. The molecule has 1 unspecified atom stereocenters. The second kappa shape index (κ2) is 8.73. The summed E-state index contributed by atoms with van der Waals surface area (Å²) in [4.78, 5) is 14.2. The lowest BCUT2D eigenvalue weighted by atomic mass is 10.2. The van der Waals surface area contributed by atoms with Crippen LogP contribution in [0.25, 0.3) is 0 Å². The standard InChI is InChI=1S/C16H25N3O3/c1-19(2)8-4-9-21-14-6-3-5-13(11-14)18-16(20)15-12-17-7-10-22-15/h3,5-6,11,15,17H,4,7-10,12H2,1-2H3,(H,18,20). The minimum absolute atomic E-state index is 0.128. The maximum Gasteiger partial charge on any atom is 0.254 e. The van der Waals surface area contributed by atoms with Gasteiger partial charge in [0.05, 0.1) is 13.2 Å². The molecule has 122 valence electrons. The van der Waals surface area contributed by atoms with Crippen molar-refractivity contribution in [1.82, 2.24) is 10.2 Å². The van der Waals surface area contributed by atoms with E-state index in [2.05, 4.69) is 15.5 Å². The number of hydrogen-bond acceptors (Lipinski definition) is 5. The maximum atomic E-state index is 12.1. The van der Waals surface area contributed by atoms with E-state index in [1.54, 1.807) is 0 Å². The van der Waals surface area contributed by atoms with Gasteiger partial charge in [0.15, 0.2) is 0 Å². The molecule has 1 aliphatic heterocycles. The second-order valence-corrected chi connectivity index (χ2v) is 5.59. The van der Waals surface area contributed by atoms with Crippen LogP contribution in [0.3, 0.4) is 0 Å². The van der Waals surface area contributed by atoms with E-state index in [1.165, 1.54) is 0 Å². The number of amides is 1. The van der Waals surface area contributed by atoms with Crippen LogP contribution in [-0.2, 0) is 9.53 Å². The third-order valence-corrected chi connectivity index (χ3v) is 3.34. The van der Waals surface area contributed by atoms with Crippen molar-refractivity contribution in [3.05, 3.63) is 24.3 Å². The van der Waals surface area contributed by atoms with Crippen LogP contribution < -0.4 is 15.4 Å². The van der Waals surface area contributed by atoms with E-state index >= 15 is 0 Å². The summed E-state index contributed by atoms with van der Waals surface area (Å²) < 4.78 is 11.1. The summed E-state index contributed by atoms with van der Waals surface area (Å²) in [6.45, 7) is 3.55. The van der Waals surface area contributed by atoms with Crippen molar-refractivity contribution in [1.29, 1.82) is 0 Å². The van der Waals surface area contributed by atoms with Crippen LogP contribution in [0.15, 0.2) is 24.3 Å². The molecule has 1 heterocycles. The van der Waals surface area contributed by atoms with Gasteiger partial charge in [-0.15, -0.1) is 0 Å². The second-order valence-electron chi connectivity index (χ2n) is 5.59. The van der Waals surface area contributed by atoms with Crippen molar-refractivity contribution in [2.24, 2.45) is 0 Å². The molecule has 2 rings (SSSR count). The van der Waals surface area contributed by atoms with Crippen molar-refractivity contribution in [3.63, 3.8) is 0 Å². The third kappa shape index (κ3) is 5.63. The van der Waals surface area contributed by atoms with Crippen LogP contribution >= 0.6 is 0 Å². The largest absolute Gasteiger partial charge is 0.493 e. The molecule has 0 aliphatic carbocycles. The summed E-state index contributed by atoms with van der Waals surface area (Å²) in [6.07, 6.45) is 0.531. The van der Waals surface area contributed by atoms with Gasteiger partial charge < -0.3 is 25.0 Å². The monoisotopic (exact) mass is 307 g/mol. The molecule has 0 bridgehead atoms. The van der Waals surface area contributed by atoms with Gasteiger partial charge in [-0.1, -0.05) is 6.07 Å². The van der Waals surface area contributed by atoms with Gasteiger partial charge in [-0.25, -0.2) is 0 Å². The van der Waals surface area contributed by atoms with Crippen LogP contribution in [-0.4, -0.2) is 63.9 Å². The first-order valence-corrected chi connectivity index (χ1v) is 7.66. The Morgan fingerprint density at radius 2 is 2.36 bits per heavy atom. The molecule has 0 radical (unpaired) electrons. The molecular weight excluding hydrogens is 282 g/mol. The number of rotatable bonds is 7. The lowest BCUT2D eigenvalue weighted by molar-refractivity contribution is -0.128. The number of benzene rings is 1. The minimum Gasteiger partial charge on any atom is -0.493 e. The molecule has 1 amide bonds. The highest BCUT2D eigenvalue weighted by molar-refractivity contribution is 5.94. The fraction of sp³-hybridized carbons (Fsp3) is 0.562. The Bertz CT molecular complexity index is 473. The fourth-order valence-electron chi connectivity index (χ4n) is 2.19. The van der Waals surface area contributed by atoms with Gasteiger partial charge in [-0.05, 0) is 32.6 Å². The molecule has 1 aromatic carbocycles. The van der Waals surface area contributed by atoms with E-state index in [0.717, 1.165) is 30.9 Å². The van der Waals surface area contributed by atoms with Crippen LogP contribution in [0.2, 0.25) is 0 Å². The van der Waals surface area contributed by atoms with Gasteiger partial charge >= 0.3 is 0 Å². The Labute approximate surface area is 131 Å². The Morgan fingerprint density at radius 1 is 1.50 bits per heavy atom. The summed E-state index contributed by atoms with van der Waals surface area (Å²) in [6, 6.07) is 7.45. The number of anilines is 1. The lowest BCUT2D eigenvalue weighted by Gasteiger charge is -2.22. The number of ether oxygens (including phenoxy) is 2. The summed E-state index contributed by atoms with van der Waals surface area (Å²) in [7, 11) is 4.08. The molecule has 6 heteroatoms. The Hall–Kier alpha value is -1.63. The highest BCUT2D eigenvalue weighted by atomic mass is 16.5. The molecule has 0 saturated carbocycles. The van der Waals surface area contributed by atoms with Crippen molar-refractivity contribution < 1.29 is 14.3 Å². The van der Waals surface area contributed by atoms with E-state index in [-0.39, 0.29) is 5.91 Å². The smallest absolute Gasteiger partial charge is 0.254 e. The number of nitrogens with one attached hydrogen (secondary N) is 2. The molecule has 0 aromatic heterocycles. The quantitative estimate of drug-likeness (QED) is 0.734. The van der Waals surface area contributed by atoms with Crippen LogP contribution in [0.1, 0.15) is 6.42 Å². The molecular formula is C16H25N3O3. The topological polar surface area (TPSA) is 62.8 Å². The average molecular weight is 307 g/mol. The number of hydrogen-bond donors (Lipinski definition) is 2. The zero-order valence-corrected chi connectivity index (χ0v) is 13.3. The minimum atomic E-state index is -0.432. The van der Waals surface area contributed by atoms with Crippen molar-refractivity contribution in [2.75, 3.05) is 52.3 Å².